The molecule has 3 heterocycles. The number of aromatic nitrogens is 1. The molecule has 0 aliphatic carbocycles. The van der Waals surface area contributed by atoms with E-state index in [0.29, 0.717) is 30.3 Å². The van der Waals surface area contributed by atoms with Gasteiger partial charge in [-0.05, 0) is 73.9 Å². The molecular weight excluding hydrogens is 470 g/mol. The van der Waals surface area contributed by atoms with Gasteiger partial charge in [0, 0.05) is 30.2 Å². The lowest BCUT2D eigenvalue weighted by atomic mass is 10.0. The third kappa shape index (κ3) is 4.15. The zero-order chi connectivity index (χ0) is 26.5. The van der Waals surface area contributed by atoms with E-state index in [1.807, 2.05) is 51.1 Å². The SMILES string of the molecule is Cc1c(-c2ccc(N3CNN(C)C3=O)cc2)ccnc1N1CC(C)(C)N(c2cccc(C(N)=O)c2)C1=O. The molecule has 2 fully saturated rings. The fraction of sp³-hybridized carbons (Fsp3) is 0.259. The zero-order valence-corrected chi connectivity index (χ0v) is 21.2. The number of amides is 5. The Bertz CT molecular complexity index is 1400. The van der Waals surface area contributed by atoms with Gasteiger partial charge in [-0.3, -0.25) is 24.5 Å². The molecule has 5 amide bonds. The third-order valence-electron chi connectivity index (χ3n) is 6.87. The van der Waals surface area contributed by atoms with Gasteiger partial charge >= 0.3 is 12.1 Å². The maximum Gasteiger partial charge on any atom is 0.339 e. The number of anilines is 3. The van der Waals surface area contributed by atoms with Crippen molar-refractivity contribution >= 4 is 35.2 Å². The summed E-state index contributed by atoms with van der Waals surface area (Å²) in [6.45, 7) is 6.74. The molecule has 5 rings (SSSR count). The number of rotatable bonds is 5. The molecule has 0 spiro atoms. The number of hydrogen-bond acceptors (Lipinski definition) is 5. The molecule has 190 valence electrons. The van der Waals surface area contributed by atoms with Crippen LogP contribution < -0.4 is 25.9 Å². The van der Waals surface area contributed by atoms with E-state index in [2.05, 4.69) is 10.4 Å². The van der Waals surface area contributed by atoms with Crippen LogP contribution >= 0.6 is 0 Å². The number of nitrogens with two attached hydrogens (primary N) is 1. The number of urea groups is 2. The Hall–Kier alpha value is -4.44. The second kappa shape index (κ2) is 8.90. The maximum absolute atomic E-state index is 13.7. The molecule has 0 bridgehead atoms. The molecule has 3 N–H and O–H groups in total. The van der Waals surface area contributed by atoms with Crippen molar-refractivity contribution in [1.82, 2.24) is 15.4 Å². The van der Waals surface area contributed by atoms with Gasteiger partial charge < -0.3 is 5.73 Å². The summed E-state index contributed by atoms with van der Waals surface area (Å²) in [6.07, 6.45) is 1.70. The van der Waals surface area contributed by atoms with Gasteiger partial charge in [0.2, 0.25) is 5.91 Å². The standard InChI is InChI=1S/C27H29N7O3/c1-17-22(18-8-10-20(11-9-18)33-16-30-31(4)25(33)36)12-13-29-24(17)32-15-27(2,3)34(26(32)37)21-7-5-6-19(14-21)23(28)35/h5-14,30H,15-16H2,1-4H3,(H2,28,35). The van der Waals surface area contributed by atoms with Crippen molar-refractivity contribution in [3.63, 3.8) is 0 Å². The van der Waals surface area contributed by atoms with E-state index in [4.69, 9.17) is 5.73 Å². The highest BCUT2D eigenvalue weighted by molar-refractivity contribution is 6.08. The molecule has 2 saturated heterocycles. The van der Waals surface area contributed by atoms with Gasteiger partial charge in [0.15, 0.2) is 0 Å². The summed E-state index contributed by atoms with van der Waals surface area (Å²) in [4.78, 5) is 47.3. The molecule has 0 saturated carbocycles. The van der Waals surface area contributed by atoms with Crippen LogP contribution in [-0.2, 0) is 0 Å². The Balaban J connectivity index is 1.46. The number of carbonyl (C=O) groups is 3. The number of nitrogens with one attached hydrogen (secondary N) is 1. The Morgan fingerprint density at radius 3 is 2.38 bits per heavy atom. The molecule has 2 aliphatic rings. The highest BCUT2D eigenvalue weighted by Gasteiger charge is 2.45. The summed E-state index contributed by atoms with van der Waals surface area (Å²) < 4.78 is 0. The van der Waals surface area contributed by atoms with Crippen molar-refractivity contribution in [2.24, 2.45) is 5.73 Å². The number of pyridine rings is 1. The van der Waals surface area contributed by atoms with Gasteiger partial charge in [-0.25, -0.2) is 20.0 Å². The number of hydrogen-bond donors (Lipinski definition) is 2. The molecule has 2 aromatic carbocycles. The third-order valence-corrected chi connectivity index (χ3v) is 6.87. The van der Waals surface area contributed by atoms with Crippen LogP contribution in [0.4, 0.5) is 26.8 Å². The number of primary amides is 1. The van der Waals surface area contributed by atoms with Crippen LogP contribution in [0.5, 0.6) is 0 Å². The van der Waals surface area contributed by atoms with E-state index in [1.165, 1.54) is 5.01 Å². The summed E-state index contributed by atoms with van der Waals surface area (Å²) >= 11 is 0. The zero-order valence-electron chi connectivity index (χ0n) is 21.2. The molecule has 0 unspecified atom stereocenters. The van der Waals surface area contributed by atoms with Crippen LogP contribution in [-0.4, -0.2) is 53.8 Å². The lowest BCUT2D eigenvalue weighted by Gasteiger charge is -2.29. The van der Waals surface area contributed by atoms with E-state index in [-0.39, 0.29) is 12.1 Å². The molecule has 10 nitrogen and oxygen atoms in total. The first kappa shape index (κ1) is 24.3. The minimum atomic E-state index is -0.553. The van der Waals surface area contributed by atoms with Crippen LogP contribution in [0.1, 0.15) is 29.8 Å². The Morgan fingerprint density at radius 2 is 1.73 bits per heavy atom. The topological polar surface area (TPSA) is 115 Å². The smallest absolute Gasteiger partial charge is 0.339 e. The molecule has 1 aromatic heterocycles. The first-order valence-electron chi connectivity index (χ1n) is 11.9. The highest BCUT2D eigenvalue weighted by atomic mass is 16.2. The van der Waals surface area contributed by atoms with Crippen LogP contribution in [0.15, 0.2) is 60.8 Å². The number of benzene rings is 2. The van der Waals surface area contributed by atoms with Gasteiger partial charge in [0.25, 0.3) is 0 Å². The first-order chi connectivity index (χ1) is 17.6. The molecule has 0 radical (unpaired) electrons. The van der Waals surface area contributed by atoms with E-state index in [9.17, 15) is 14.4 Å². The predicted molar refractivity (Wildman–Crippen MR) is 142 cm³/mol. The van der Waals surface area contributed by atoms with Crippen molar-refractivity contribution in [3.8, 4) is 11.1 Å². The van der Waals surface area contributed by atoms with E-state index in [0.717, 1.165) is 22.4 Å². The fourth-order valence-corrected chi connectivity index (χ4v) is 4.95. The quantitative estimate of drug-likeness (QED) is 0.555. The van der Waals surface area contributed by atoms with Gasteiger partial charge in [0.1, 0.15) is 5.82 Å². The van der Waals surface area contributed by atoms with Gasteiger partial charge in [-0.2, -0.15) is 0 Å². The summed E-state index contributed by atoms with van der Waals surface area (Å²) in [5, 5.41) is 1.45. The number of hydrazine groups is 1. The molecule has 3 aromatic rings. The van der Waals surface area contributed by atoms with Gasteiger partial charge in [-0.1, -0.05) is 18.2 Å². The van der Waals surface area contributed by atoms with Crippen molar-refractivity contribution in [2.45, 2.75) is 26.3 Å². The van der Waals surface area contributed by atoms with Crippen molar-refractivity contribution in [1.29, 1.82) is 0 Å². The van der Waals surface area contributed by atoms with E-state index < -0.39 is 11.4 Å². The van der Waals surface area contributed by atoms with Crippen LogP contribution in [0, 0.1) is 6.92 Å². The highest BCUT2D eigenvalue weighted by Crippen LogP contribution is 2.38. The Morgan fingerprint density at radius 1 is 1.00 bits per heavy atom. The van der Waals surface area contributed by atoms with E-state index in [1.54, 1.807) is 52.2 Å². The van der Waals surface area contributed by atoms with Crippen molar-refractivity contribution < 1.29 is 14.4 Å². The fourth-order valence-electron chi connectivity index (χ4n) is 4.95. The van der Waals surface area contributed by atoms with Gasteiger partial charge in [-0.15, -0.1) is 0 Å². The second-order valence-corrected chi connectivity index (χ2v) is 9.87. The molecule has 0 atom stereocenters. The summed E-state index contributed by atoms with van der Waals surface area (Å²) in [5.74, 6) is 0.0329. The maximum atomic E-state index is 13.7. The van der Waals surface area contributed by atoms with Crippen molar-refractivity contribution in [3.05, 3.63) is 71.9 Å². The van der Waals surface area contributed by atoms with Gasteiger partial charge in [0.05, 0.1) is 18.8 Å². The largest absolute Gasteiger partial charge is 0.366 e. The minimum absolute atomic E-state index is 0.115. The van der Waals surface area contributed by atoms with Crippen LogP contribution in [0.2, 0.25) is 0 Å². The van der Waals surface area contributed by atoms with Crippen molar-refractivity contribution in [2.75, 3.05) is 35.0 Å². The first-order valence-corrected chi connectivity index (χ1v) is 11.9. The molecule has 37 heavy (non-hydrogen) atoms. The summed E-state index contributed by atoms with van der Waals surface area (Å²) in [7, 11) is 1.69. The van der Waals surface area contributed by atoms with Crippen LogP contribution in [0.25, 0.3) is 11.1 Å². The van der Waals surface area contributed by atoms with E-state index >= 15 is 0 Å². The normalized spacial score (nSPS) is 17.2. The summed E-state index contributed by atoms with van der Waals surface area (Å²) in [6, 6.07) is 16.1. The number of carbonyl (C=O) groups excluding carboxylic acids is 3. The van der Waals surface area contributed by atoms with Crippen LogP contribution in [0.3, 0.4) is 0 Å². The lowest BCUT2D eigenvalue weighted by Crippen LogP contribution is -2.42. The predicted octanol–water partition coefficient (Wildman–Crippen LogP) is 3.72. The molecular formula is C27H29N7O3. The Kier molecular flexibility index (Phi) is 5.83. The lowest BCUT2D eigenvalue weighted by molar-refractivity contribution is 0.1000. The average molecular weight is 500 g/mol. The Labute approximate surface area is 215 Å². The molecule has 10 heteroatoms. The minimum Gasteiger partial charge on any atom is -0.366 e. The number of nitrogens with zero attached hydrogens (tertiary/aromatic N) is 5. The average Bonchev–Trinajstić information content (AvgIpc) is 3.33. The summed E-state index contributed by atoms with van der Waals surface area (Å²) in [5.41, 5.74) is 12.4. The monoisotopic (exact) mass is 499 g/mol. The molecule has 2 aliphatic heterocycles. The second-order valence-electron chi connectivity index (χ2n) is 9.87.